The van der Waals surface area contributed by atoms with Crippen LogP contribution in [-0.4, -0.2) is 77.0 Å². The predicted octanol–water partition coefficient (Wildman–Crippen LogP) is 2.50. The maximum absolute atomic E-state index is 12.4. The minimum absolute atomic E-state index is 0.00546. The Balaban J connectivity index is 0.000000188. The van der Waals surface area contributed by atoms with Crippen LogP contribution < -0.4 is 0 Å². The molecule has 0 saturated carbocycles. The highest BCUT2D eigenvalue weighted by atomic mass is 32.2. The van der Waals surface area contributed by atoms with Gasteiger partial charge in [0.25, 0.3) is 0 Å². The van der Waals surface area contributed by atoms with Gasteiger partial charge in [-0.05, 0) is 24.3 Å². The van der Waals surface area contributed by atoms with Crippen molar-refractivity contribution in [1.82, 2.24) is 14.7 Å². The first-order valence-electron chi connectivity index (χ1n) is 10.0. The van der Waals surface area contributed by atoms with Gasteiger partial charge in [0.1, 0.15) is 11.4 Å². The molecule has 0 spiro atoms. The monoisotopic (exact) mass is 377 g/mol. The lowest BCUT2D eigenvalue weighted by Gasteiger charge is -2.21. The maximum atomic E-state index is 12.4. The first kappa shape index (κ1) is 19.3. The Bertz CT molecular complexity index is 596. The van der Waals surface area contributed by atoms with Gasteiger partial charge in [-0.25, -0.2) is 0 Å². The Kier molecular flexibility index (Phi) is 6.68. The molecule has 4 rings (SSSR count). The highest BCUT2D eigenvalue weighted by Crippen LogP contribution is 2.33. The molecule has 3 saturated heterocycles. The molecule has 3 aliphatic heterocycles. The lowest BCUT2D eigenvalue weighted by molar-refractivity contribution is -0.117. The van der Waals surface area contributed by atoms with E-state index in [1.807, 2.05) is 14.7 Å². The number of rotatable bonds is 9. The summed E-state index contributed by atoms with van der Waals surface area (Å²) in [7, 11) is 0. The van der Waals surface area contributed by atoms with Gasteiger partial charge in [-0.1, -0.05) is 26.7 Å². The Morgan fingerprint density at radius 1 is 0.808 bits per heavy atom. The van der Waals surface area contributed by atoms with Crippen LogP contribution in [0.2, 0.25) is 0 Å². The molecule has 3 heterocycles. The smallest absolute Gasteiger partial charge is 0.227 e. The molecule has 0 unspecified atom stereocenters. The Hall–Kier alpha value is -1.43. The van der Waals surface area contributed by atoms with Crippen LogP contribution in [0.15, 0.2) is 23.2 Å². The molecule has 5 nitrogen and oxygen atoms in total. The molecule has 0 aromatic carbocycles. The summed E-state index contributed by atoms with van der Waals surface area (Å²) in [5.41, 5.74) is 1.89. The molecule has 0 N–H and O–H groups in total. The molecular weight excluding hydrogens is 346 g/mol. The van der Waals surface area contributed by atoms with E-state index in [0.717, 1.165) is 39.3 Å². The zero-order valence-corrected chi connectivity index (χ0v) is 16.9. The van der Waals surface area contributed by atoms with Crippen molar-refractivity contribution in [2.24, 2.45) is 0 Å². The Labute approximate surface area is 161 Å². The lowest BCUT2D eigenvalue weighted by atomic mass is 10.0. The van der Waals surface area contributed by atoms with E-state index in [-0.39, 0.29) is 11.6 Å². The van der Waals surface area contributed by atoms with Crippen molar-refractivity contribution in [1.29, 1.82) is 0 Å². The average molecular weight is 378 g/mol. The van der Waals surface area contributed by atoms with Crippen LogP contribution in [-0.2, 0) is 9.59 Å². The number of Topliss-reactive ketones (excluding diaryl/α,β-unsaturated/α-hetero) is 1. The fraction of sp³-hybridized carbons (Fsp3) is 0.700. The molecule has 144 valence electrons. The molecular formula is C20H31N3O2S. The molecule has 0 radical (unpaired) electrons. The van der Waals surface area contributed by atoms with E-state index in [9.17, 15) is 9.59 Å². The predicted molar refractivity (Wildman–Crippen MR) is 107 cm³/mol. The van der Waals surface area contributed by atoms with Crippen LogP contribution in [0, 0.1) is 0 Å². The topological polar surface area (TPSA) is 43.2 Å². The number of thioether (sulfide) groups is 1. The molecule has 0 bridgehead atoms. The van der Waals surface area contributed by atoms with E-state index in [1.165, 1.54) is 43.3 Å². The van der Waals surface area contributed by atoms with Gasteiger partial charge >= 0.3 is 0 Å². The number of nitrogens with zero attached hydrogens (tertiary/aromatic N) is 3. The second-order valence-corrected chi connectivity index (χ2v) is 8.43. The van der Waals surface area contributed by atoms with E-state index in [0.29, 0.717) is 17.1 Å². The summed E-state index contributed by atoms with van der Waals surface area (Å²) < 4.78 is 0. The molecule has 3 fully saturated rings. The van der Waals surface area contributed by atoms with Gasteiger partial charge < -0.3 is 14.7 Å². The summed E-state index contributed by atoms with van der Waals surface area (Å²) in [6, 6.07) is 0. The van der Waals surface area contributed by atoms with Crippen LogP contribution >= 0.6 is 11.8 Å². The van der Waals surface area contributed by atoms with Crippen LogP contribution in [0.4, 0.5) is 0 Å². The zero-order valence-electron chi connectivity index (χ0n) is 16.1. The maximum Gasteiger partial charge on any atom is 0.227 e. The number of allylic oxidation sites excluding steroid dienone is 1. The standard InChI is InChI=1S/C12H13N3O2.C8H18S/c16-9-7-8(13-1-2-13)12(17)11(15-5-6-15)10(9)14-3-4-14;1-3-5-7-9-8-6-4-2/h7H,1-6H2;3-8H2,1-2H3. The van der Waals surface area contributed by atoms with Gasteiger partial charge in [0, 0.05) is 45.3 Å². The van der Waals surface area contributed by atoms with E-state index >= 15 is 0 Å². The van der Waals surface area contributed by atoms with Gasteiger partial charge in [-0.3, -0.25) is 9.59 Å². The van der Waals surface area contributed by atoms with Crippen LogP contribution in [0.1, 0.15) is 39.5 Å². The quantitative estimate of drug-likeness (QED) is 0.349. The number of carbonyl (C=O) groups is 2. The number of ketones is 2. The Morgan fingerprint density at radius 3 is 1.77 bits per heavy atom. The molecule has 26 heavy (non-hydrogen) atoms. The van der Waals surface area contributed by atoms with E-state index < -0.39 is 0 Å². The Morgan fingerprint density at radius 2 is 1.31 bits per heavy atom. The largest absolute Gasteiger partial charge is 0.365 e. The molecule has 0 atom stereocenters. The van der Waals surface area contributed by atoms with Crippen molar-refractivity contribution in [3.05, 3.63) is 23.2 Å². The SMILES string of the molecule is CCCCSCCCC.O=C1C=C(N2CC2)C(=O)C(N2CC2)=C1N1CC1. The summed E-state index contributed by atoms with van der Waals surface area (Å²) in [4.78, 5) is 30.5. The number of unbranched alkanes of at least 4 members (excludes halogenated alkanes) is 2. The minimum Gasteiger partial charge on any atom is -0.365 e. The number of carbonyl (C=O) groups excluding carboxylic acids is 2. The summed E-state index contributed by atoms with van der Waals surface area (Å²) in [5.74, 6) is 2.79. The zero-order chi connectivity index (χ0) is 18.5. The fourth-order valence-electron chi connectivity index (χ4n) is 2.87. The fourth-order valence-corrected chi connectivity index (χ4v) is 4.06. The van der Waals surface area contributed by atoms with Gasteiger partial charge in [0.05, 0.1) is 5.70 Å². The number of hydrogen-bond donors (Lipinski definition) is 0. The highest BCUT2D eigenvalue weighted by molar-refractivity contribution is 7.99. The third kappa shape index (κ3) is 5.06. The van der Waals surface area contributed by atoms with Crippen molar-refractivity contribution < 1.29 is 9.59 Å². The van der Waals surface area contributed by atoms with Gasteiger partial charge in [-0.15, -0.1) is 0 Å². The molecule has 0 aromatic rings. The first-order chi connectivity index (χ1) is 12.7. The summed E-state index contributed by atoms with van der Waals surface area (Å²) in [6.07, 6.45) is 7.01. The van der Waals surface area contributed by atoms with Gasteiger partial charge in [0.2, 0.25) is 11.6 Å². The first-order valence-corrected chi connectivity index (χ1v) is 11.2. The van der Waals surface area contributed by atoms with Crippen molar-refractivity contribution in [2.45, 2.75) is 39.5 Å². The summed E-state index contributed by atoms with van der Waals surface area (Å²) >= 11 is 2.10. The third-order valence-corrected chi connectivity index (χ3v) is 5.93. The molecule has 0 aromatic heterocycles. The van der Waals surface area contributed by atoms with E-state index in [4.69, 9.17) is 0 Å². The molecule has 6 heteroatoms. The normalized spacial score (nSPS) is 20.8. The average Bonchev–Trinajstić information content (AvgIpc) is 3.50. The van der Waals surface area contributed by atoms with Crippen LogP contribution in [0.5, 0.6) is 0 Å². The highest BCUT2D eigenvalue weighted by Gasteiger charge is 2.43. The van der Waals surface area contributed by atoms with Gasteiger partial charge in [-0.2, -0.15) is 11.8 Å². The van der Waals surface area contributed by atoms with E-state index in [2.05, 4.69) is 25.6 Å². The second kappa shape index (κ2) is 8.98. The second-order valence-electron chi connectivity index (χ2n) is 7.20. The van der Waals surface area contributed by atoms with Crippen LogP contribution in [0.25, 0.3) is 0 Å². The van der Waals surface area contributed by atoms with Crippen LogP contribution in [0.3, 0.4) is 0 Å². The number of hydrogen-bond acceptors (Lipinski definition) is 6. The van der Waals surface area contributed by atoms with Crippen molar-refractivity contribution in [2.75, 3.05) is 50.8 Å². The summed E-state index contributed by atoms with van der Waals surface area (Å²) in [6.45, 7) is 9.91. The van der Waals surface area contributed by atoms with E-state index in [1.54, 1.807) is 0 Å². The van der Waals surface area contributed by atoms with Crippen molar-refractivity contribution in [3.8, 4) is 0 Å². The lowest BCUT2D eigenvalue weighted by Crippen LogP contribution is -2.29. The third-order valence-electron chi connectivity index (χ3n) is 4.77. The minimum atomic E-state index is 0.00546. The molecule has 0 amide bonds. The molecule has 1 aliphatic carbocycles. The van der Waals surface area contributed by atoms with Crippen molar-refractivity contribution >= 4 is 23.3 Å². The summed E-state index contributed by atoms with van der Waals surface area (Å²) in [5, 5.41) is 0. The van der Waals surface area contributed by atoms with Crippen molar-refractivity contribution in [3.63, 3.8) is 0 Å². The molecule has 4 aliphatic rings. The van der Waals surface area contributed by atoms with Gasteiger partial charge in [0.15, 0.2) is 0 Å².